The van der Waals surface area contributed by atoms with Gasteiger partial charge in [-0.05, 0) is 13.3 Å². The Morgan fingerprint density at radius 3 is 3.06 bits per heavy atom. The van der Waals surface area contributed by atoms with Crippen molar-refractivity contribution >= 4 is 10.0 Å². The van der Waals surface area contributed by atoms with E-state index < -0.39 is 10.0 Å². The van der Waals surface area contributed by atoms with E-state index in [1.54, 1.807) is 0 Å². The molecule has 0 bridgehead atoms. The van der Waals surface area contributed by atoms with Gasteiger partial charge in [0.1, 0.15) is 0 Å². The first-order valence-electron chi connectivity index (χ1n) is 5.88. The predicted octanol–water partition coefficient (Wildman–Crippen LogP) is -0.428. The lowest BCUT2D eigenvalue weighted by molar-refractivity contribution is 0.107. The maximum absolute atomic E-state index is 12.1. The fraction of sp³-hybridized carbons (Fsp3) is 0.700. The SMILES string of the molecule is CC1OCCC1CNS(=O)(=O)c1[nH]ncc1CN. The molecule has 0 aliphatic carbocycles. The molecule has 2 unspecified atom stereocenters. The van der Waals surface area contributed by atoms with Crippen LogP contribution >= 0.6 is 0 Å². The van der Waals surface area contributed by atoms with E-state index in [-0.39, 0.29) is 23.6 Å². The first-order chi connectivity index (χ1) is 8.54. The fourth-order valence-electron chi connectivity index (χ4n) is 2.01. The molecule has 1 saturated heterocycles. The van der Waals surface area contributed by atoms with Crippen molar-refractivity contribution in [2.24, 2.45) is 11.7 Å². The summed E-state index contributed by atoms with van der Waals surface area (Å²) in [6.07, 6.45) is 2.38. The van der Waals surface area contributed by atoms with Crippen LogP contribution in [0.15, 0.2) is 11.2 Å². The van der Waals surface area contributed by atoms with E-state index in [0.29, 0.717) is 18.7 Å². The molecular formula is C10H18N4O3S. The number of H-pyrrole nitrogens is 1. The summed E-state index contributed by atoms with van der Waals surface area (Å²) in [6, 6.07) is 0. The Balaban J connectivity index is 2.03. The lowest BCUT2D eigenvalue weighted by atomic mass is 10.0. The summed E-state index contributed by atoms with van der Waals surface area (Å²) >= 11 is 0. The van der Waals surface area contributed by atoms with Crippen LogP contribution in [0.3, 0.4) is 0 Å². The second kappa shape index (κ2) is 5.35. The zero-order valence-electron chi connectivity index (χ0n) is 10.2. The second-order valence-electron chi connectivity index (χ2n) is 4.41. The number of hydrogen-bond donors (Lipinski definition) is 3. The normalized spacial score (nSPS) is 24.6. The van der Waals surface area contributed by atoms with E-state index in [1.165, 1.54) is 6.20 Å². The average molecular weight is 274 g/mol. The molecule has 4 N–H and O–H groups in total. The molecule has 8 heteroatoms. The molecule has 1 aromatic heterocycles. The van der Waals surface area contributed by atoms with Crippen LogP contribution in [0.4, 0.5) is 0 Å². The molecule has 1 fully saturated rings. The maximum atomic E-state index is 12.1. The number of aromatic amines is 1. The summed E-state index contributed by atoms with van der Waals surface area (Å²) < 4.78 is 32.1. The Hall–Kier alpha value is -0.960. The van der Waals surface area contributed by atoms with Gasteiger partial charge in [-0.1, -0.05) is 0 Å². The number of ether oxygens (including phenoxy) is 1. The molecule has 0 amide bonds. The Kier molecular flexibility index (Phi) is 4.00. The minimum Gasteiger partial charge on any atom is -0.378 e. The predicted molar refractivity (Wildman–Crippen MR) is 65.2 cm³/mol. The van der Waals surface area contributed by atoms with Gasteiger partial charge in [0.25, 0.3) is 10.0 Å². The van der Waals surface area contributed by atoms with Gasteiger partial charge in [-0.2, -0.15) is 5.10 Å². The first-order valence-corrected chi connectivity index (χ1v) is 7.36. The number of rotatable bonds is 5. The molecule has 0 saturated carbocycles. The topological polar surface area (TPSA) is 110 Å². The van der Waals surface area contributed by atoms with Crippen molar-refractivity contribution in [3.63, 3.8) is 0 Å². The van der Waals surface area contributed by atoms with Gasteiger partial charge in [-0.3, -0.25) is 5.10 Å². The Morgan fingerprint density at radius 1 is 1.67 bits per heavy atom. The van der Waals surface area contributed by atoms with Crippen molar-refractivity contribution in [3.05, 3.63) is 11.8 Å². The van der Waals surface area contributed by atoms with Gasteiger partial charge in [0, 0.05) is 31.2 Å². The molecule has 0 aromatic carbocycles. The monoisotopic (exact) mass is 274 g/mol. The highest BCUT2D eigenvalue weighted by Gasteiger charge is 2.27. The average Bonchev–Trinajstić information content (AvgIpc) is 2.95. The molecular weight excluding hydrogens is 256 g/mol. The zero-order valence-corrected chi connectivity index (χ0v) is 11.0. The molecule has 1 aliphatic rings. The number of sulfonamides is 1. The van der Waals surface area contributed by atoms with Crippen LogP contribution in [0.5, 0.6) is 0 Å². The summed E-state index contributed by atoms with van der Waals surface area (Å²) in [5.41, 5.74) is 5.94. The molecule has 1 aliphatic heterocycles. The summed E-state index contributed by atoms with van der Waals surface area (Å²) in [5.74, 6) is 0.212. The summed E-state index contributed by atoms with van der Waals surface area (Å²) in [6.45, 7) is 3.14. The highest BCUT2D eigenvalue weighted by molar-refractivity contribution is 7.89. The summed E-state index contributed by atoms with van der Waals surface area (Å²) in [4.78, 5) is 0. The van der Waals surface area contributed by atoms with Crippen molar-refractivity contribution < 1.29 is 13.2 Å². The molecule has 2 atom stereocenters. The van der Waals surface area contributed by atoms with Crippen molar-refractivity contribution in [1.29, 1.82) is 0 Å². The van der Waals surface area contributed by atoms with Crippen LogP contribution in [0.1, 0.15) is 18.9 Å². The van der Waals surface area contributed by atoms with Crippen LogP contribution < -0.4 is 10.5 Å². The number of nitrogens with two attached hydrogens (primary N) is 1. The molecule has 0 spiro atoms. The van der Waals surface area contributed by atoms with Gasteiger partial charge in [0.15, 0.2) is 5.03 Å². The van der Waals surface area contributed by atoms with E-state index in [2.05, 4.69) is 14.9 Å². The Bertz CT molecular complexity index is 499. The van der Waals surface area contributed by atoms with Crippen LogP contribution in [0.2, 0.25) is 0 Å². The third-order valence-electron chi connectivity index (χ3n) is 3.24. The molecule has 0 radical (unpaired) electrons. The van der Waals surface area contributed by atoms with Crippen LogP contribution in [0, 0.1) is 5.92 Å². The second-order valence-corrected chi connectivity index (χ2v) is 6.11. The minimum atomic E-state index is -3.57. The quantitative estimate of drug-likeness (QED) is 0.675. The molecule has 1 aromatic rings. The lowest BCUT2D eigenvalue weighted by Crippen LogP contribution is -2.32. The van der Waals surface area contributed by atoms with Crippen molar-refractivity contribution in [2.75, 3.05) is 13.2 Å². The molecule has 102 valence electrons. The summed E-state index contributed by atoms with van der Waals surface area (Å²) in [5, 5.41) is 6.23. The maximum Gasteiger partial charge on any atom is 0.257 e. The highest BCUT2D eigenvalue weighted by Crippen LogP contribution is 2.20. The van der Waals surface area contributed by atoms with Crippen molar-refractivity contribution in [3.8, 4) is 0 Å². The molecule has 18 heavy (non-hydrogen) atoms. The third-order valence-corrected chi connectivity index (χ3v) is 4.67. The van der Waals surface area contributed by atoms with E-state index in [0.717, 1.165) is 6.42 Å². The van der Waals surface area contributed by atoms with E-state index in [9.17, 15) is 8.42 Å². The van der Waals surface area contributed by atoms with Crippen LogP contribution in [-0.2, 0) is 21.3 Å². The van der Waals surface area contributed by atoms with Crippen molar-refractivity contribution in [2.45, 2.75) is 31.0 Å². The smallest absolute Gasteiger partial charge is 0.257 e. The third kappa shape index (κ3) is 2.72. The van der Waals surface area contributed by atoms with Gasteiger partial charge in [-0.15, -0.1) is 0 Å². The van der Waals surface area contributed by atoms with Crippen LogP contribution in [-0.4, -0.2) is 37.9 Å². The zero-order chi connectivity index (χ0) is 13.2. The number of aromatic nitrogens is 2. The number of nitrogens with zero attached hydrogens (tertiary/aromatic N) is 1. The van der Waals surface area contributed by atoms with E-state index in [1.807, 2.05) is 6.92 Å². The summed E-state index contributed by atoms with van der Waals surface area (Å²) in [7, 11) is -3.57. The Labute approximate surface area is 106 Å². The lowest BCUT2D eigenvalue weighted by Gasteiger charge is -2.14. The standard InChI is InChI=1S/C10H18N4O3S/c1-7-8(2-3-17-7)6-13-18(15,16)10-9(4-11)5-12-14-10/h5,7-8,13H,2-4,6,11H2,1H3,(H,12,14). The molecule has 2 heterocycles. The fourth-order valence-corrected chi connectivity index (χ4v) is 3.24. The van der Waals surface area contributed by atoms with Crippen LogP contribution in [0.25, 0.3) is 0 Å². The van der Waals surface area contributed by atoms with E-state index in [4.69, 9.17) is 10.5 Å². The Morgan fingerprint density at radius 2 is 2.44 bits per heavy atom. The van der Waals surface area contributed by atoms with Gasteiger partial charge in [0.2, 0.25) is 0 Å². The van der Waals surface area contributed by atoms with Gasteiger partial charge in [-0.25, -0.2) is 13.1 Å². The van der Waals surface area contributed by atoms with Gasteiger partial charge >= 0.3 is 0 Å². The molecule has 2 rings (SSSR count). The van der Waals surface area contributed by atoms with E-state index >= 15 is 0 Å². The molecule has 7 nitrogen and oxygen atoms in total. The van der Waals surface area contributed by atoms with Gasteiger partial charge in [0.05, 0.1) is 12.3 Å². The minimum absolute atomic E-state index is 0.0524. The largest absolute Gasteiger partial charge is 0.378 e. The first kappa shape index (κ1) is 13.5. The highest BCUT2D eigenvalue weighted by atomic mass is 32.2. The number of hydrogen-bond acceptors (Lipinski definition) is 5. The van der Waals surface area contributed by atoms with Crippen molar-refractivity contribution in [1.82, 2.24) is 14.9 Å². The van der Waals surface area contributed by atoms with Gasteiger partial charge < -0.3 is 10.5 Å². The number of nitrogens with one attached hydrogen (secondary N) is 2.